The highest BCUT2D eigenvalue weighted by Gasteiger charge is 2.34. The largest absolute Gasteiger partial charge is 0.378 e. The summed E-state index contributed by atoms with van der Waals surface area (Å²) in [5, 5.41) is 3.20. The lowest BCUT2D eigenvalue weighted by atomic mass is 10.0. The van der Waals surface area contributed by atoms with Crippen molar-refractivity contribution in [3.8, 4) is 0 Å². The molecule has 3 rings (SSSR count). The number of carbonyl (C=O) groups is 1. The number of carbonyl (C=O) groups excluding carboxylic acids is 1. The molecule has 120 valence electrons. The van der Waals surface area contributed by atoms with Crippen LogP contribution < -0.4 is 5.32 Å². The van der Waals surface area contributed by atoms with E-state index in [-0.39, 0.29) is 11.9 Å². The fraction of sp³-hybridized carbons (Fsp3) is 0.588. The lowest BCUT2D eigenvalue weighted by Gasteiger charge is -2.34. The summed E-state index contributed by atoms with van der Waals surface area (Å²) < 4.78 is 5.65. The summed E-state index contributed by atoms with van der Waals surface area (Å²) in [4.78, 5) is 16.1. The topological polar surface area (TPSA) is 41.6 Å². The van der Waals surface area contributed by atoms with E-state index < -0.39 is 0 Å². The Labute approximate surface area is 136 Å². The monoisotopic (exact) mass is 320 g/mol. The number of thioether (sulfide) groups is 1. The van der Waals surface area contributed by atoms with E-state index in [0.29, 0.717) is 12.6 Å². The number of hydrogen-bond acceptors (Lipinski definition) is 4. The molecule has 0 bridgehead atoms. The van der Waals surface area contributed by atoms with Crippen molar-refractivity contribution in [2.24, 2.45) is 0 Å². The lowest BCUT2D eigenvalue weighted by Crippen LogP contribution is -2.52. The van der Waals surface area contributed by atoms with E-state index >= 15 is 0 Å². The Morgan fingerprint density at radius 3 is 2.77 bits per heavy atom. The summed E-state index contributed by atoms with van der Waals surface area (Å²) in [6, 6.07) is 8.20. The second-order valence-electron chi connectivity index (χ2n) is 5.98. The Kier molecular flexibility index (Phi) is 5.39. The number of likely N-dealkylation sites (tertiary alicyclic amines) is 1. The minimum absolute atomic E-state index is 0.0162. The maximum atomic E-state index is 12.6. The summed E-state index contributed by atoms with van der Waals surface area (Å²) >= 11 is 1.61. The van der Waals surface area contributed by atoms with Crippen LogP contribution in [0.25, 0.3) is 0 Å². The van der Waals surface area contributed by atoms with Gasteiger partial charge in [0.05, 0.1) is 30.9 Å². The van der Waals surface area contributed by atoms with Crippen LogP contribution in [0.4, 0.5) is 0 Å². The molecule has 1 N–H and O–H groups in total. The third-order valence-corrected chi connectivity index (χ3v) is 5.37. The smallest absolute Gasteiger partial charge is 0.252 e. The van der Waals surface area contributed by atoms with Crippen LogP contribution >= 0.6 is 11.8 Å². The molecule has 2 atom stereocenters. The minimum Gasteiger partial charge on any atom is -0.378 e. The molecule has 1 aromatic carbocycles. The SMILES string of the molecule is CSc1ccccc1C(=O)NC1COCC1N1CCCCC1. The van der Waals surface area contributed by atoms with Crippen molar-refractivity contribution in [1.29, 1.82) is 0 Å². The van der Waals surface area contributed by atoms with Crippen molar-refractivity contribution >= 4 is 17.7 Å². The Morgan fingerprint density at radius 1 is 1.23 bits per heavy atom. The molecule has 5 heteroatoms. The molecule has 0 radical (unpaired) electrons. The van der Waals surface area contributed by atoms with Gasteiger partial charge >= 0.3 is 0 Å². The van der Waals surface area contributed by atoms with Crippen LogP contribution in [0.15, 0.2) is 29.2 Å². The second kappa shape index (κ2) is 7.49. The van der Waals surface area contributed by atoms with Crippen LogP contribution in [0.1, 0.15) is 29.6 Å². The normalized spacial score (nSPS) is 26.0. The number of amides is 1. The van der Waals surface area contributed by atoms with Crippen LogP contribution in [0, 0.1) is 0 Å². The molecule has 0 saturated carbocycles. The summed E-state index contributed by atoms with van der Waals surface area (Å²) in [6.07, 6.45) is 5.84. The third-order valence-electron chi connectivity index (χ3n) is 4.58. The second-order valence-corrected chi connectivity index (χ2v) is 6.83. The molecule has 0 aliphatic carbocycles. The summed E-state index contributed by atoms with van der Waals surface area (Å²) in [6.45, 7) is 3.60. The van der Waals surface area contributed by atoms with Gasteiger partial charge < -0.3 is 10.1 Å². The molecule has 0 aromatic heterocycles. The van der Waals surface area contributed by atoms with Crippen molar-refractivity contribution in [3.63, 3.8) is 0 Å². The fourth-order valence-electron chi connectivity index (χ4n) is 3.37. The van der Waals surface area contributed by atoms with E-state index in [4.69, 9.17) is 4.74 Å². The van der Waals surface area contributed by atoms with E-state index in [1.165, 1.54) is 19.3 Å². The van der Waals surface area contributed by atoms with Crippen LogP contribution in [-0.2, 0) is 4.74 Å². The quantitative estimate of drug-likeness (QED) is 0.865. The molecule has 2 fully saturated rings. The van der Waals surface area contributed by atoms with Crippen molar-refractivity contribution < 1.29 is 9.53 Å². The average Bonchev–Trinajstić information content (AvgIpc) is 3.03. The molecule has 2 aliphatic heterocycles. The number of hydrogen-bond donors (Lipinski definition) is 1. The number of piperidine rings is 1. The van der Waals surface area contributed by atoms with Gasteiger partial charge in [0.1, 0.15) is 0 Å². The zero-order valence-electron chi connectivity index (χ0n) is 13.1. The first-order chi connectivity index (χ1) is 10.8. The van der Waals surface area contributed by atoms with Gasteiger partial charge in [-0.1, -0.05) is 18.6 Å². The van der Waals surface area contributed by atoms with Gasteiger partial charge in [0.2, 0.25) is 0 Å². The highest BCUT2D eigenvalue weighted by Crippen LogP contribution is 2.22. The van der Waals surface area contributed by atoms with E-state index in [1.54, 1.807) is 11.8 Å². The maximum absolute atomic E-state index is 12.6. The molecule has 2 heterocycles. The van der Waals surface area contributed by atoms with Gasteiger partial charge in [0, 0.05) is 4.90 Å². The molecular formula is C17H24N2O2S. The maximum Gasteiger partial charge on any atom is 0.252 e. The number of nitrogens with one attached hydrogen (secondary N) is 1. The summed E-state index contributed by atoms with van der Waals surface area (Å²) in [5.74, 6) is 0.0162. The number of rotatable bonds is 4. The molecule has 2 saturated heterocycles. The molecule has 22 heavy (non-hydrogen) atoms. The highest BCUT2D eigenvalue weighted by atomic mass is 32.2. The molecule has 1 amide bonds. The molecular weight excluding hydrogens is 296 g/mol. The Hall–Kier alpha value is -1.04. The molecule has 1 aromatic rings. The Balaban J connectivity index is 1.67. The van der Waals surface area contributed by atoms with Gasteiger partial charge in [-0.05, 0) is 44.3 Å². The van der Waals surface area contributed by atoms with Gasteiger partial charge in [0.25, 0.3) is 5.91 Å². The van der Waals surface area contributed by atoms with E-state index in [1.807, 2.05) is 30.5 Å². The van der Waals surface area contributed by atoms with Gasteiger partial charge in [-0.15, -0.1) is 11.8 Å². The van der Waals surface area contributed by atoms with Gasteiger partial charge in [-0.2, -0.15) is 0 Å². The Bertz CT molecular complexity index is 517. The summed E-state index contributed by atoms with van der Waals surface area (Å²) in [5.41, 5.74) is 0.763. The van der Waals surface area contributed by atoms with Crippen LogP contribution in [0.5, 0.6) is 0 Å². The molecule has 2 aliphatic rings. The first-order valence-electron chi connectivity index (χ1n) is 8.05. The van der Waals surface area contributed by atoms with Gasteiger partial charge in [-0.3, -0.25) is 9.69 Å². The zero-order chi connectivity index (χ0) is 15.4. The predicted molar refractivity (Wildman–Crippen MR) is 89.5 cm³/mol. The average molecular weight is 320 g/mol. The van der Waals surface area contributed by atoms with Crippen LogP contribution in [0.2, 0.25) is 0 Å². The van der Waals surface area contributed by atoms with E-state index in [9.17, 15) is 4.79 Å². The standard InChI is InChI=1S/C17H24N2O2S/c1-22-16-8-4-3-7-13(16)17(20)18-14-11-21-12-15(14)19-9-5-2-6-10-19/h3-4,7-8,14-15H,2,5-6,9-12H2,1H3,(H,18,20). The van der Waals surface area contributed by atoms with Gasteiger partial charge in [-0.25, -0.2) is 0 Å². The fourth-order valence-corrected chi connectivity index (χ4v) is 3.96. The molecule has 2 unspecified atom stereocenters. The van der Waals surface area contributed by atoms with E-state index in [2.05, 4.69) is 10.2 Å². The number of benzene rings is 1. The lowest BCUT2D eigenvalue weighted by molar-refractivity contribution is 0.0897. The first kappa shape index (κ1) is 15.8. The number of nitrogens with zero attached hydrogens (tertiary/aromatic N) is 1. The predicted octanol–water partition coefficient (Wildman–Crippen LogP) is 2.39. The highest BCUT2D eigenvalue weighted by molar-refractivity contribution is 7.98. The van der Waals surface area contributed by atoms with Gasteiger partial charge in [0.15, 0.2) is 0 Å². The first-order valence-corrected chi connectivity index (χ1v) is 9.28. The van der Waals surface area contributed by atoms with Crippen molar-refractivity contribution in [2.45, 2.75) is 36.2 Å². The molecule has 4 nitrogen and oxygen atoms in total. The van der Waals surface area contributed by atoms with Crippen molar-refractivity contribution in [3.05, 3.63) is 29.8 Å². The zero-order valence-corrected chi connectivity index (χ0v) is 13.9. The van der Waals surface area contributed by atoms with Crippen molar-refractivity contribution in [1.82, 2.24) is 10.2 Å². The Morgan fingerprint density at radius 2 is 2.00 bits per heavy atom. The van der Waals surface area contributed by atoms with Crippen LogP contribution in [-0.4, -0.2) is 55.4 Å². The summed E-state index contributed by atoms with van der Waals surface area (Å²) in [7, 11) is 0. The van der Waals surface area contributed by atoms with Crippen molar-refractivity contribution in [2.75, 3.05) is 32.6 Å². The van der Waals surface area contributed by atoms with Crippen LogP contribution in [0.3, 0.4) is 0 Å². The minimum atomic E-state index is 0.0162. The number of ether oxygens (including phenoxy) is 1. The molecule has 0 spiro atoms. The third kappa shape index (κ3) is 3.47. The van der Waals surface area contributed by atoms with E-state index in [0.717, 1.165) is 30.2 Å².